The summed E-state index contributed by atoms with van der Waals surface area (Å²) < 4.78 is 1.85. The van der Waals surface area contributed by atoms with Gasteiger partial charge in [-0.25, -0.2) is 0 Å². The van der Waals surface area contributed by atoms with E-state index in [9.17, 15) is 4.79 Å². The molecule has 2 rings (SSSR count). The second-order valence-electron chi connectivity index (χ2n) is 4.07. The van der Waals surface area contributed by atoms with Gasteiger partial charge in [-0.1, -0.05) is 11.6 Å². The zero-order valence-corrected chi connectivity index (χ0v) is 9.02. The number of aliphatic carboxylic acids is 1. The van der Waals surface area contributed by atoms with Crippen LogP contribution in [0.15, 0.2) is 12.4 Å². The lowest BCUT2D eigenvalue weighted by atomic mass is 10.0. The third-order valence-electron chi connectivity index (χ3n) is 2.92. The SMILES string of the molecule is O=C(O)CC1CCC(n2cc(Cl)cn2)C1. The largest absolute Gasteiger partial charge is 0.481 e. The molecule has 5 heteroatoms. The molecule has 0 spiro atoms. The first-order valence-electron chi connectivity index (χ1n) is 5.06. The summed E-state index contributed by atoms with van der Waals surface area (Å²) in [6, 6.07) is 0.321. The van der Waals surface area contributed by atoms with E-state index < -0.39 is 5.97 Å². The Morgan fingerprint density at radius 1 is 1.67 bits per heavy atom. The maximum atomic E-state index is 10.6. The quantitative estimate of drug-likeness (QED) is 0.864. The lowest BCUT2D eigenvalue weighted by Gasteiger charge is -2.10. The van der Waals surface area contributed by atoms with E-state index in [2.05, 4.69) is 5.10 Å². The molecule has 1 saturated carbocycles. The smallest absolute Gasteiger partial charge is 0.303 e. The van der Waals surface area contributed by atoms with Crippen molar-refractivity contribution in [1.29, 1.82) is 0 Å². The molecule has 0 radical (unpaired) electrons. The second kappa shape index (κ2) is 4.23. The Labute approximate surface area is 92.8 Å². The third-order valence-corrected chi connectivity index (χ3v) is 3.12. The maximum Gasteiger partial charge on any atom is 0.303 e. The molecule has 0 saturated heterocycles. The highest BCUT2D eigenvalue weighted by Gasteiger charge is 2.27. The van der Waals surface area contributed by atoms with Gasteiger partial charge in [-0.05, 0) is 25.2 Å². The summed E-state index contributed by atoms with van der Waals surface area (Å²) in [5, 5.41) is 13.5. The Hall–Kier alpha value is -1.03. The Morgan fingerprint density at radius 2 is 2.47 bits per heavy atom. The van der Waals surface area contributed by atoms with Gasteiger partial charge in [0, 0.05) is 12.6 Å². The molecule has 1 aromatic heterocycles. The van der Waals surface area contributed by atoms with E-state index in [1.165, 1.54) is 0 Å². The van der Waals surface area contributed by atoms with Gasteiger partial charge in [0.2, 0.25) is 0 Å². The van der Waals surface area contributed by atoms with Gasteiger partial charge in [-0.3, -0.25) is 9.48 Å². The lowest BCUT2D eigenvalue weighted by Crippen LogP contribution is -2.08. The summed E-state index contributed by atoms with van der Waals surface area (Å²) in [5.74, 6) is -0.422. The number of halogens is 1. The van der Waals surface area contributed by atoms with Gasteiger partial charge in [-0.2, -0.15) is 5.10 Å². The van der Waals surface area contributed by atoms with Gasteiger partial charge >= 0.3 is 5.97 Å². The fraction of sp³-hybridized carbons (Fsp3) is 0.600. The molecule has 0 aromatic carbocycles. The average Bonchev–Trinajstić information content (AvgIpc) is 2.72. The summed E-state index contributed by atoms with van der Waals surface area (Å²) in [6.07, 6.45) is 6.54. The van der Waals surface area contributed by atoms with Gasteiger partial charge in [0.15, 0.2) is 0 Å². The van der Waals surface area contributed by atoms with Crippen LogP contribution in [0, 0.1) is 5.92 Å². The van der Waals surface area contributed by atoms with Crippen molar-refractivity contribution in [3.05, 3.63) is 17.4 Å². The van der Waals surface area contributed by atoms with Crippen LogP contribution in [0.4, 0.5) is 0 Å². The van der Waals surface area contributed by atoms with Crippen molar-refractivity contribution in [3.8, 4) is 0 Å². The molecule has 1 aliphatic carbocycles. The van der Waals surface area contributed by atoms with E-state index in [0.717, 1.165) is 19.3 Å². The summed E-state index contributed by atoms with van der Waals surface area (Å²) in [5.41, 5.74) is 0. The monoisotopic (exact) mass is 228 g/mol. The van der Waals surface area contributed by atoms with E-state index in [-0.39, 0.29) is 12.3 Å². The van der Waals surface area contributed by atoms with Crippen molar-refractivity contribution < 1.29 is 9.90 Å². The number of hydrogen-bond acceptors (Lipinski definition) is 2. The number of carboxylic acid groups (broad SMARTS) is 1. The van der Waals surface area contributed by atoms with Gasteiger partial charge in [-0.15, -0.1) is 0 Å². The molecule has 2 unspecified atom stereocenters. The zero-order valence-electron chi connectivity index (χ0n) is 8.27. The molecule has 0 amide bonds. The normalized spacial score (nSPS) is 25.7. The molecule has 1 heterocycles. The minimum absolute atomic E-state index is 0.269. The van der Waals surface area contributed by atoms with Crippen LogP contribution in [-0.4, -0.2) is 20.9 Å². The van der Waals surface area contributed by atoms with E-state index in [1.807, 2.05) is 4.68 Å². The Kier molecular flexibility index (Phi) is 2.95. The fourth-order valence-corrected chi connectivity index (χ4v) is 2.38. The van der Waals surface area contributed by atoms with Crippen LogP contribution in [0.1, 0.15) is 31.7 Å². The molecule has 2 atom stereocenters. The molecule has 1 aromatic rings. The highest BCUT2D eigenvalue weighted by Crippen LogP contribution is 2.36. The third kappa shape index (κ3) is 2.50. The number of carboxylic acids is 1. The summed E-state index contributed by atoms with van der Waals surface area (Å²) >= 11 is 5.78. The van der Waals surface area contributed by atoms with Crippen molar-refractivity contribution in [2.45, 2.75) is 31.7 Å². The van der Waals surface area contributed by atoms with Crippen LogP contribution < -0.4 is 0 Å². The van der Waals surface area contributed by atoms with Crippen molar-refractivity contribution in [2.24, 2.45) is 5.92 Å². The molecular weight excluding hydrogens is 216 g/mol. The Balaban J connectivity index is 1.95. The van der Waals surface area contributed by atoms with E-state index >= 15 is 0 Å². The van der Waals surface area contributed by atoms with Crippen LogP contribution in [0.5, 0.6) is 0 Å². The van der Waals surface area contributed by atoms with Crippen LogP contribution in [0.3, 0.4) is 0 Å². The number of rotatable bonds is 3. The number of carbonyl (C=O) groups is 1. The number of hydrogen-bond donors (Lipinski definition) is 1. The van der Waals surface area contributed by atoms with Crippen LogP contribution in [-0.2, 0) is 4.79 Å². The van der Waals surface area contributed by atoms with Crippen LogP contribution >= 0.6 is 11.6 Å². The van der Waals surface area contributed by atoms with Gasteiger partial charge < -0.3 is 5.11 Å². The van der Waals surface area contributed by atoms with E-state index in [0.29, 0.717) is 11.1 Å². The summed E-state index contributed by atoms with van der Waals surface area (Å²) in [7, 11) is 0. The minimum Gasteiger partial charge on any atom is -0.481 e. The van der Waals surface area contributed by atoms with Crippen LogP contribution in [0.25, 0.3) is 0 Å². The first kappa shape index (κ1) is 10.5. The molecule has 0 bridgehead atoms. The first-order valence-corrected chi connectivity index (χ1v) is 5.44. The topological polar surface area (TPSA) is 55.1 Å². The highest BCUT2D eigenvalue weighted by atomic mass is 35.5. The average molecular weight is 229 g/mol. The van der Waals surface area contributed by atoms with Crippen molar-refractivity contribution >= 4 is 17.6 Å². The molecule has 1 fully saturated rings. The Morgan fingerprint density at radius 3 is 3.07 bits per heavy atom. The fourth-order valence-electron chi connectivity index (χ4n) is 2.24. The van der Waals surface area contributed by atoms with Crippen molar-refractivity contribution in [3.63, 3.8) is 0 Å². The van der Waals surface area contributed by atoms with Gasteiger partial charge in [0.05, 0.1) is 17.3 Å². The predicted molar refractivity (Wildman–Crippen MR) is 55.9 cm³/mol. The van der Waals surface area contributed by atoms with Crippen molar-refractivity contribution in [1.82, 2.24) is 9.78 Å². The summed E-state index contributed by atoms with van der Waals surface area (Å²) in [4.78, 5) is 10.6. The predicted octanol–water partition coefficient (Wildman–Crippen LogP) is 2.35. The molecule has 82 valence electrons. The van der Waals surface area contributed by atoms with Gasteiger partial charge in [0.1, 0.15) is 0 Å². The maximum absolute atomic E-state index is 10.6. The minimum atomic E-state index is -0.709. The molecule has 1 aliphatic rings. The molecule has 1 N–H and O–H groups in total. The standard InChI is InChI=1S/C10H13ClN2O2/c11-8-5-12-13(6-8)9-2-1-7(3-9)4-10(14)15/h5-7,9H,1-4H2,(H,14,15). The Bertz CT molecular complexity index is 364. The number of aromatic nitrogens is 2. The molecule has 0 aliphatic heterocycles. The molecular formula is C10H13ClN2O2. The van der Waals surface area contributed by atoms with Crippen molar-refractivity contribution in [2.75, 3.05) is 0 Å². The van der Waals surface area contributed by atoms with Crippen LogP contribution in [0.2, 0.25) is 5.02 Å². The molecule has 15 heavy (non-hydrogen) atoms. The molecule has 4 nitrogen and oxygen atoms in total. The summed E-state index contributed by atoms with van der Waals surface area (Å²) in [6.45, 7) is 0. The van der Waals surface area contributed by atoms with E-state index in [1.54, 1.807) is 12.4 Å². The zero-order chi connectivity index (χ0) is 10.8. The highest BCUT2D eigenvalue weighted by molar-refractivity contribution is 6.30. The number of nitrogens with zero attached hydrogens (tertiary/aromatic N) is 2. The van der Waals surface area contributed by atoms with E-state index in [4.69, 9.17) is 16.7 Å². The second-order valence-corrected chi connectivity index (χ2v) is 4.51. The lowest BCUT2D eigenvalue weighted by molar-refractivity contribution is -0.138. The van der Waals surface area contributed by atoms with Gasteiger partial charge in [0.25, 0.3) is 0 Å². The first-order chi connectivity index (χ1) is 7.15.